The van der Waals surface area contributed by atoms with E-state index in [2.05, 4.69) is 0 Å². The minimum Gasteiger partial charge on any atom is -0.501 e. The van der Waals surface area contributed by atoms with Crippen molar-refractivity contribution in [3.05, 3.63) is 11.8 Å². The maximum atomic E-state index is 10.9. The zero-order chi connectivity index (χ0) is 9.40. The molecule has 0 aromatic carbocycles. The van der Waals surface area contributed by atoms with Gasteiger partial charge in [0.2, 0.25) is 0 Å². The lowest BCUT2D eigenvalue weighted by molar-refractivity contribution is -0.137. The highest BCUT2D eigenvalue weighted by molar-refractivity contribution is 5.82. The maximum absolute atomic E-state index is 10.9. The third-order valence-corrected chi connectivity index (χ3v) is 1.32. The Morgan fingerprint density at radius 2 is 2.08 bits per heavy atom. The Morgan fingerprint density at radius 1 is 1.42 bits per heavy atom. The van der Waals surface area contributed by atoms with Crippen LogP contribution in [0, 0.1) is 0 Å². The van der Waals surface area contributed by atoms with Gasteiger partial charge in [-0.2, -0.15) is 0 Å². The number of ether oxygens (including phenoxy) is 2. The molecule has 0 N–H and O–H groups in total. The molecule has 3 heteroatoms. The van der Waals surface area contributed by atoms with E-state index >= 15 is 0 Å². The Hall–Kier alpha value is -0.990. The molecule has 0 spiro atoms. The molecule has 0 aliphatic carbocycles. The third-order valence-electron chi connectivity index (χ3n) is 1.32. The number of carbonyl (C=O) groups is 1. The number of allylic oxidation sites excluding steroid dienone is 1. The van der Waals surface area contributed by atoms with Crippen molar-refractivity contribution in [1.29, 1.82) is 0 Å². The SMILES string of the molecule is CCCC(=CC(=O)OCC)OC. The molecule has 12 heavy (non-hydrogen) atoms. The van der Waals surface area contributed by atoms with Crippen molar-refractivity contribution in [3.63, 3.8) is 0 Å². The van der Waals surface area contributed by atoms with Crippen LogP contribution in [-0.4, -0.2) is 19.7 Å². The highest BCUT2D eigenvalue weighted by atomic mass is 16.5. The Balaban J connectivity index is 3.98. The van der Waals surface area contributed by atoms with Gasteiger partial charge >= 0.3 is 5.97 Å². The summed E-state index contributed by atoms with van der Waals surface area (Å²) in [6.45, 7) is 4.20. The first-order valence-electron chi connectivity index (χ1n) is 4.15. The van der Waals surface area contributed by atoms with E-state index in [1.807, 2.05) is 6.92 Å². The predicted molar refractivity (Wildman–Crippen MR) is 46.6 cm³/mol. The lowest BCUT2D eigenvalue weighted by atomic mass is 10.3. The van der Waals surface area contributed by atoms with Gasteiger partial charge in [0.15, 0.2) is 0 Å². The summed E-state index contributed by atoms with van der Waals surface area (Å²) in [6, 6.07) is 0. The molecule has 0 amide bonds. The zero-order valence-electron chi connectivity index (χ0n) is 7.92. The van der Waals surface area contributed by atoms with Crippen molar-refractivity contribution in [2.75, 3.05) is 13.7 Å². The zero-order valence-corrected chi connectivity index (χ0v) is 7.92. The van der Waals surface area contributed by atoms with E-state index in [0.717, 1.165) is 12.8 Å². The fourth-order valence-corrected chi connectivity index (χ4v) is 0.795. The highest BCUT2D eigenvalue weighted by Crippen LogP contribution is 2.04. The number of esters is 1. The molecule has 0 aromatic rings. The van der Waals surface area contributed by atoms with Crippen LogP contribution in [0.5, 0.6) is 0 Å². The van der Waals surface area contributed by atoms with Crippen molar-refractivity contribution in [3.8, 4) is 0 Å². The van der Waals surface area contributed by atoms with Gasteiger partial charge in [0.05, 0.1) is 19.8 Å². The van der Waals surface area contributed by atoms with Gasteiger partial charge in [0.25, 0.3) is 0 Å². The molecule has 0 aromatic heterocycles. The molecule has 0 fully saturated rings. The Kier molecular flexibility index (Phi) is 6.15. The summed E-state index contributed by atoms with van der Waals surface area (Å²) in [5.41, 5.74) is 0. The van der Waals surface area contributed by atoms with Crippen molar-refractivity contribution in [2.24, 2.45) is 0 Å². The summed E-state index contributed by atoms with van der Waals surface area (Å²) < 4.78 is 9.69. The van der Waals surface area contributed by atoms with Crippen molar-refractivity contribution in [2.45, 2.75) is 26.7 Å². The monoisotopic (exact) mass is 172 g/mol. The van der Waals surface area contributed by atoms with E-state index in [-0.39, 0.29) is 5.97 Å². The van der Waals surface area contributed by atoms with Crippen LogP contribution in [0.4, 0.5) is 0 Å². The smallest absolute Gasteiger partial charge is 0.334 e. The summed E-state index contributed by atoms with van der Waals surface area (Å²) in [5.74, 6) is 0.346. The lowest BCUT2D eigenvalue weighted by Gasteiger charge is -2.03. The standard InChI is InChI=1S/C9H16O3/c1-4-6-8(11-3)7-9(10)12-5-2/h7H,4-6H2,1-3H3. The quantitative estimate of drug-likeness (QED) is 0.361. The van der Waals surface area contributed by atoms with Crippen LogP contribution >= 0.6 is 0 Å². The van der Waals surface area contributed by atoms with Crippen molar-refractivity contribution < 1.29 is 14.3 Å². The average molecular weight is 172 g/mol. The molecule has 0 heterocycles. The minimum atomic E-state index is -0.331. The number of hydrogen-bond donors (Lipinski definition) is 0. The maximum Gasteiger partial charge on any atom is 0.334 e. The van der Waals surface area contributed by atoms with Crippen LogP contribution in [0.3, 0.4) is 0 Å². The predicted octanol–water partition coefficient (Wildman–Crippen LogP) is 1.88. The molecular weight excluding hydrogens is 156 g/mol. The van der Waals surface area contributed by atoms with E-state index in [1.165, 1.54) is 6.08 Å². The number of rotatable bonds is 5. The van der Waals surface area contributed by atoms with Crippen LogP contribution in [0.2, 0.25) is 0 Å². The lowest BCUT2D eigenvalue weighted by Crippen LogP contribution is -2.02. The largest absolute Gasteiger partial charge is 0.501 e. The number of hydrogen-bond acceptors (Lipinski definition) is 3. The van der Waals surface area contributed by atoms with Crippen molar-refractivity contribution >= 4 is 5.97 Å². The molecular formula is C9H16O3. The Bertz CT molecular complexity index is 161. The molecule has 0 aliphatic heterocycles. The van der Waals surface area contributed by atoms with Gasteiger partial charge in [-0.05, 0) is 13.3 Å². The molecule has 0 saturated carbocycles. The van der Waals surface area contributed by atoms with Gasteiger partial charge in [-0.25, -0.2) is 4.79 Å². The molecule has 0 atom stereocenters. The van der Waals surface area contributed by atoms with Crippen LogP contribution in [-0.2, 0) is 14.3 Å². The van der Waals surface area contributed by atoms with Gasteiger partial charge in [-0.15, -0.1) is 0 Å². The van der Waals surface area contributed by atoms with E-state index in [4.69, 9.17) is 9.47 Å². The third kappa shape index (κ3) is 4.77. The topological polar surface area (TPSA) is 35.5 Å². The van der Waals surface area contributed by atoms with E-state index in [1.54, 1.807) is 14.0 Å². The second kappa shape index (κ2) is 6.70. The Labute approximate surface area is 73.4 Å². The van der Waals surface area contributed by atoms with Gasteiger partial charge in [0.1, 0.15) is 5.76 Å². The van der Waals surface area contributed by atoms with Crippen molar-refractivity contribution in [1.82, 2.24) is 0 Å². The summed E-state index contributed by atoms with van der Waals surface area (Å²) in [4.78, 5) is 10.9. The van der Waals surface area contributed by atoms with Crippen LogP contribution in [0.1, 0.15) is 26.7 Å². The number of carbonyl (C=O) groups excluding carboxylic acids is 1. The Morgan fingerprint density at radius 3 is 2.50 bits per heavy atom. The summed E-state index contributed by atoms with van der Waals surface area (Å²) in [7, 11) is 1.56. The summed E-state index contributed by atoms with van der Waals surface area (Å²) in [5, 5.41) is 0. The van der Waals surface area contributed by atoms with Gasteiger partial charge in [0, 0.05) is 6.42 Å². The first kappa shape index (κ1) is 11.0. The van der Waals surface area contributed by atoms with Gasteiger partial charge in [-0.3, -0.25) is 0 Å². The first-order chi connectivity index (χ1) is 5.74. The minimum absolute atomic E-state index is 0.331. The molecule has 3 nitrogen and oxygen atoms in total. The highest BCUT2D eigenvalue weighted by Gasteiger charge is 2.00. The van der Waals surface area contributed by atoms with Gasteiger partial charge in [-0.1, -0.05) is 6.92 Å². The first-order valence-corrected chi connectivity index (χ1v) is 4.15. The van der Waals surface area contributed by atoms with Crippen LogP contribution in [0.15, 0.2) is 11.8 Å². The van der Waals surface area contributed by atoms with Crippen LogP contribution < -0.4 is 0 Å². The van der Waals surface area contributed by atoms with E-state index in [9.17, 15) is 4.79 Å². The summed E-state index contributed by atoms with van der Waals surface area (Å²) >= 11 is 0. The molecule has 0 unspecified atom stereocenters. The molecule has 70 valence electrons. The second-order valence-corrected chi connectivity index (χ2v) is 2.32. The molecule has 0 aliphatic rings. The van der Waals surface area contributed by atoms with E-state index in [0.29, 0.717) is 12.4 Å². The van der Waals surface area contributed by atoms with E-state index < -0.39 is 0 Å². The fraction of sp³-hybridized carbons (Fsp3) is 0.667. The molecule has 0 saturated heterocycles. The number of methoxy groups -OCH3 is 1. The molecule has 0 radical (unpaired) electrons. The average Bonchev–Trinajstić information content (AvgIpc) is 2.04. The van der Waals surface area contributed by atoms with Gasteiger partial charge < -0.3 is 9.47 Å². The second-order valence-electron chi connectivity index (χ2n) is 2.32. The molecule has 0 bridgehead atoms. The molecule has 0 rings (SSSR count). The summed E-state index contributed by atoms with van der Waals surface area (Å²) in [6.07, 6.45) is 3.13. The van der Waals surface area contributed by atoms with Crippen LogP contribution in [0.25, 0.3) is 0 Å². The normalized spacial score (nSPS) is 11.1. The fourth-order valence-electron chi connectivity index (χ4n) is 0.795.